The molecule has 0 radical (unpaired) electrons. The van der Waals surface area contributed by atoms with Gasteiger partial charge in [0.2, 0.25) is 0 Å². The van der Waals surface area contributed by atoms with Gasteiger partial charge in [0.15, 0.2) is 0 Å². The summed E-state index contributed by atoms with van der Waals surface area (Å²) in [5.74, 6) is 0. The molecule has 18 heavy (non-hydrogen) atoms. The van der Waals surface area contributed by atoms with E-state index in [1.165, 1.54) is 4.57 Å². The van der Waals surface area contributed by atoms with E-state index in [9.17, 15) is 9.59 Å². The van der Waals surface area contributed by atoms with Gasteiger partial charge in [-0.3, -0.25) is 13.9 Å². The van der Waals surface area contributed by atoms with E-state index in [1.807, 2.05) is 29.5 Å². The smallest absolute Gasteiger partial charge is 0.331 e. The van der Waals surface area contributed by atoms with Crippen molar-refractivity contribution in [3.63, 3.8) is 0 Å². The highest BCUT2D eigenvalue weighted by atomic mass is 127. The first-order chi connectivity index (χ1) is 8.61. The van der Waals surface area contributed by atoms with Crippen LogP contribution in [0.3, 0.4) is 0 Å². The van der Waals surface area contributed by atoms with Crippen LogP contribution >= 0.6 is 22.6 Å². The van der Waals surface area contributed by atoms with Gasteiger partial charge in [0.05, 0.1) is 3.57 Å². The maximum Gasteiger partial charge on any atom is 0.331 e. The Morgan fingerprint density at radius 2 is 2.00 bits per heavy atom. The second-order valence-corrected chi connectivity index (χ2v) is 5.27. The summed E-state index contributed by atoms with van der Waals surface area (Å²) in [6.07, 6.45) is 4.13. The van der Waals surface area contributed by atoms with Crippen molar-refractivity contribution >= 4 is 22.6 Å². The minimum atomic E-state index is -0.209. The predicted molar refractivity (Wildman–Crippen MR) is 79.1 cm³/mol. The van der Waals surface area contributed by atoms with Crippen LogP contribution in [0.5, 0.6) is 0 Å². The summed E-state index contributed by atoms with van der Waals surface area (Å²) in [6, 6.07) is 0. The fourth-order valence-corrected chi connectivity index (χ4v) is 2.36. The molecule has 1 heterocycles. The highest BCUT2D eigenvalue weighted by molar-refractivity contribution is 14.1. The molecule has 0 aliphatic carbocycles. The number of aryl methyl sites for hydroxylation is 1. The molecule has 0 fully saturated rings. The molecule has 1 aromatic heterocycles. The number of halogens is 1. The zero-order chi connectivity index (χ0) is 13.5. The second kappa shape index (κ2) is 7.73. The van der Waals surface area contributed by atoms with Crippen molar-refractivity contribution in [3.8, 4) is 0 Å². The fourth-order valence-electron chi connectivity index (χ4n) is 1.73. The highest BCUT2D eigenvalue weighted by Crippen LogP contribution is 1.97. The van der Waals surface area contributed by atoms with Crippen LogP contribution < -0.4 is 11.2 Å². The molecule has 0 aromatic carbocycles. The van der Waals surface area contributed by atoms with Gasteiger partial charge in [-0.15, -0.1) is 0 Å². The van der Waals surface area contributed by atoms with Crippen LogP contribution in [0.1, 0.15) is 26.2 Å². The van der Waals surface area contributed by atoms with E-state index >= 15 is 0 Å². The molecular formula is C12H19IN2O3. The van der Waals surface area contributed by atoms with E-state index in [4.69, 9.17) is 4.74 Å². The van der Waals surface area contributed by atoms with E-state index in [1.54, 1.807) is 17.9 Å². The van der Waals surface area contributed by atoms with Crippen LogP contribution in [0.25, 0.3) is 0 Å². The molecule has 0 aliphatic rings. The normalized spacial score (nSPS) is 10.8. The molecule has 5 nitrogen and oxygen atoms in total. The zero-order valence-electron chi connectivity index (χ0n) is 10.8. The van der Waals surface area contributed by atoms with Gasteiger partial charge in [0.1, 0.15) is 0 Å². The summed E-state index contributed by atoms with van der Waals surface area (Å²) in [5.41, 5.74) is -0.398. The van der Waals surface area contributed by atoms with Crippen molar-refractivity contribution in [1.82, 2.24) is 9.13 Å². The van der Waals surface area contributed by atoms with Crippen molar-refractivity contribution in [1.29, 1.82) is 0 Å². The van der Waals surface area contributed by atoms with Crippen molar-refractivity contribution in [3.05, 3.63) is 30.6 Å². The number of aromatic nitrogens is 2. The Morgan fingerprint density at radius 1 is 1.28 bits per heavy atom. The molecule has 0 spiro atoms. The number of hydrogen-bond donors (Lipinski definition) is 0. The number of methoxy groups -OCH3 is 1. The van der Waals surface area contributed by atoms with Crippen molar-refractivity contribution in [2.24, 2.45) is 0 Å². The maximum absolute atomic E-state index is 12.1. The zero-order valence-corrected chi connectivity index (χ0v) is 13.0. The summed E-state index contributed by atoms with van der Waals surface area (Å²) >= 11 is 1.98. The van der Waals surface area contributed by atoms with Crippen LogP contribution in [-0.4, -0.2) is 22.9 Å². The molecule has 0 amide bonds. The van der Waals surface area contributed by atoms with Crippen molar-refractivity contribution < 1.29 is 4.74 Å². The summed E-state index contributed by atoms with van der Waals surface area (Å²) in [5, 5.41) is 0. The van der Waals surface area contributed by atoms with Crippen LogP contribution in [0.15, 0.2) is 15.8 Å². The minimum absolute atomic E-state index is 0.189. The number of ether oxygens (including phenoxy) is 1. The lowest BCUT2D eigenvalue weighted by molar-refractivity contribution is 0.191. The second-order valence-electron chi connectivity index (χ2n) is 4.11. The van der Waals surface area contributed by atoms with Gasteiger partial charge in [-0.2, -0.15) is 0 Å². The van der Waals surface area contributed by atoms with Crippen LogP contribution in [0.4, 0.5) is 0 Å². The van der Waals surface area contributed by atoms with E-state index in [2.05, 4.69) is 0 Å². The molecule has 0 saturated heterocycles. The molecule has 102 valence electrons. The van der Waals surface area contributed by atoms with E-state index < -0.39 is 0 Å². The average Bonchev–Trinajstić information content (AvgIpc) is 2.35. The SMILES string of the molecule is CCCn1cc(I)c(=O)n(CCCCOC)c1=O. The molecule has 0 unspecified atom stereocenters. The lowest BCUT2D eigenvalue weighted by Gasteiger charge is -2.10. The van der Waals surface area contributed by atoms with E-state index in [-0.39, 0.29) is 11.2 Å². The van der Waals surface area contributed by atoms with Gasteiger partial charge >= 0.3 is 5.69 Å². The Balaban J connectivity index is 2.94. The lowest BCUT2D eigenvalue weighted by Crippen LogP contribution is -2.41. The molecule has 0 atom stereocenters. The third-order valence-electron chi connectivity index (χ3n) is 2.64. The van der Waals surface area contributed by atoms with Gasteiger partial charge in [0, 0.05) is 33.0 Å². The number of hydrogen-bond acceptors (Lipinski definition) is 3. The minimum Gasteiger partial charge on any atom is -0.385 e. The first-order valence-electron chi connectivity index (χ1n) is 6.10. The van der Waals surface area contributed by atoms with Crippen molar-refractivity contribution in [2.75, 3.05) is 13.7 Å². The molecule has 1 rings (SSSR count). The molecule has 0 aliphatic heterocycles. The average molecular weight is 366 g/mol. The molecular weight excluding hydrogens is 347 g/mol. The predicted octanol–water partition coefficient (Wildman–Crippen LogP) is 1.45. The Morgan fingerprint density at radius 3 is 2.61 bits per heavy atom. The highest BCUT2D eigenvalue weighted by Gasteiger charge is 2.08. The molecule has 1 aromatic rings. The standard InChI is InChI=1S/C12H19IN2O3/c1-3-6-14-9-10(13)11(16)15(12(14)17)7-4-5-8-18-2/h9H,3-8H2,1-2H3. The first kappa shape index (κ1) is 15.4. The van der Waals surface area contributed by atoms with Crippen LogP contribution in [0.2, 0.25) is 0 Å². The number of unbranched alkanes of at least 4 members (excludes halogenated alkanes) is 1. The summed E-state index contributed by atoms with van der Waals surface area (Å²) in [6.45, 7) is 3.77. The van der Waals surface area contributed by atoms with Gasteiger partial charge in [0.25, 0.3) is 5.56 Å². The van der Waals surface area contributed by atoms with Crippen molar-refractivity contribution in [2.45, 2.75) is 39.3 Å². The quantitative estimate of drug-likeness (QED) is 0.542. The Kier molecular flexibility index (Phi) is 6.62. The topological polar surface area (TPSA) is 53.2 Å². The maximum atomic E-state index is 12.1. The molecule has 0 N–H and O–H groups in total. The monoisotopic (exact) mass is 366 g/mol. The van der Waals surface area contributed by atoms with Gasteiger partial charge in [-0.05, 0) is 41.9 Å². The van der Waals surface area contributed by atoms with E-state index in [0.29, 0.717) is 23.3 Å². The van der Waals surface area contributed by atoms with Gasteiger partial charge < -0.3 is 4.74 Å². The third kappa shape index (κ3) is 3.94. The summed E-state index contributed by atoms with van der Waals surface area (Å²) < 4.78 is 8.48. The Labute approximate surface area is 120 Å². The molecule has 0 saturated carbocycles. The number of rotatable bonds is 7. The third-order valence-corrected chi connectivity index (χ3v) is 3.38. The Bertz CT molecular complexity index is 493. The number of nitrogens with zero attached hydrogens (tertiary/aromatic N) is 2. The summed E-state index contributed by atoms with van der Waals surface area (Å²) in [4.78, 5) is 24.0. The summed E-state index contributed by atoms with van der Waals surface area (Å²) in [7, 11) is 1.64. The fraction of sp³-hybridized carbons (Fsp3) is 0.667. The van der Waals surface area contributed by atoms with E-state index in [0.717, 1.165) is 19.3 Å². The van der Waals surface area contributed by atoms with Gasteiger partial charge in [-0.25, -0.2) is 4.79 Å². The lowest BCUT2D eigenvalue weighted by atomic mass is 10.3. The van der Waals surface area contributed by atoms with Crippen LogP contribution in [-0.2, 0) is 17.8 Å². The largest absolute Gasteiger partial charge is 0.385 e. The first-order valence-corrected chi connectivity index (χ1v) is 7.18. The van der Waals surface area contributed by atoms with Crippen LogP contribution in [0, 0.1) is 3.57 Å². The molecule has 0 bridgehead atoms. The molecule has 6 heteroatoms. The Hall–Kier alpha value is -0.630. The van der Waals surface area contributed by atoms with Gasteiger partial charge in [-0.1, -0.05) is 6.92 Å².